The predicted octanol–water partition coefficient (Wildman–Crippen LogP) is 4.52. The van der Waals surface area contributed by atoms with Crippen LogP contribution in [-0.4, -0.2) is 16.2 Å². The third-order valence-corrected chi connectivity index (χ3v) is 3.45. The first-order valence-electron chi connectivity index (χ1n) is 6.34. The molecule has 1 heterocycles. The molecule has 0 N–H and O–H groups in total. The van der Waals surface area contributed by atoms with Gasteiger partial charge in [-0.15, -0.1) is 6.58 Å². The summed E-state index contributed by atoms with van der Waals surface area (Å²) in [6.45, 7) is 4.95. The third kappa shape index (κ3) is 4.10. The van der Waals surface area contributed by atoms with Crippen molar-refractivity contribution in [2.45, 2.75) is 19.1 Å². The number of hydrogen-bond donors (Lipinski definition) is 0. The van der Waals surface area contributed by atoms with Crippen LogP contribution in [0, 0.1) is 0 Å². The van der Waals surface area contributed by atoms with Gasteiger partial charge < -0.3 is 9.30 Å². The maximum absolute atomic E-state index is 6.27. The number of nitrogens with zero attached hydrogens (tertiary/aromatic N) is 2. The quantitative estimate of drug-likeness (QED) is 0.555. The molecule has 0 aliphatic carbocycles. The number of aromatic nitrogens is 2. The fraction of sp³-hybridized carbons (Fsp3) is 0.267. The summed E-state index contributed by atoms with van der Waals surface area (Å²) in [4.78, 5) is 4.04. The molecule has 20 heavy (non-hydrogen) atoms. The molecule has 0 aliphatic heterocycles. The van der Waals surface area contributed by atoms with E-state index in [-0.39, 0.29) is 6.10 Å². The third-order valence-electron chi connectivity index (χ3n) is 2.89. The van der Waals surface area contributed by atoms with Crippen molar-refractivity contribution >= 4 is 23.2 Å². The van der Waals surface area contributed by atoms with Gasteiger partial charge in [0, 0.05) is 28.0 Å². The SMILES string of the molecule is C=CCCOC(Cn1ccnc1)c1ccc(Cl)cc1Cl. The first-order chi connectivity index (χ1) is 9.70. The van der Waals surface area contributed by atoms with E-state index in [0.29, 0.717) is 23.2 Å². The van der Waals surface area contributed by atoms with Crippen molar-refractivity contribution in [1.29, 1.82) is 0 Å². The van der Waals surface area contributed by atoms with Crippen molar-refractivity contribution in [1.82, 2.24) is 9.55 Å². The van der Waals surface area contributed by atoms with Crippen molar-refractivity contribution in [3.63, 3.8) is 0 Å². The van der Waals surface area contributed by atoms with Gasteiger partial charge in [0.25, 0.3) is 0 Å². The number of hydrogen-bond acceptors (Lipinski definition) is 2. The fourth-order valence-corrected chi connectivity index (χ4v) is 2.41. The maximum Gasteiger partial charge on any atom is 0.102 e. The lowest BCUT2D eigenvalue weighted by atomic mass is 10.1. The maximum atomic E-state index is 6.27. The second-order valence-electron chi connectivity index (χ2n) is 4.36. The highest BCUT2D eigenvalue weighted by Crippen LogP contribution is 2.29. The Morgan fingerprint density at radius 2 is 2.25 bits per heavy atom. The smallest absolute Gasteiger partial charge is 0.102 e. The van der Waals surface area contributed by atoms with Crippen LogP contribution in [0.4, 0.5) is 0 Å². The summed E-state index contributed by atoms with van der Waals surface area (Å²) < 4.78 is 7.88. The largest absolute Gasteiger partial charge is 0.371 e. The molecule has 0 bridgehead atoms. The summed E-state index contributed by atoms with van der Waals surface area (Å²) in [6.07, 6.45) is 7.88. The molecule has 1 atom stereocenters. The van der Waals surface area contributed by atoms with Crippen LogP contribution >= 0.6 is 23.2 Å². The number of benzene rings is 1. The number of imidazole rings is 1. The van der Waals surface area contributed by atoms with Crippen LogP contribution in [0.1, 0.15) is 18.1 Å². The van der Waals surface area contributed by atoms with Gasteiger partial charge in [-0.3, -0.25) is 0 Å². The molecule has 0 saturated heterocycles. The van der Waals surface area contributed by atoms with Gasteiger partial charge in [-0.2, -0.15) is 0 Å². The number of rotatable bonds is 7. The molecule has 106 valence electrons. The molecule has 1 aromatic carbocycles. The minimum absolute atomic E-state index is 0.145. The van der Waals surface area contributed by atoms with E-state index < -0.39 is 0 Å². The van der Waals surface area contributed by atoms with Crippen LogP contribution in [0.5, 0.6) is 0 Å². The van der Waals surface area contributed by atoms with E-state index in [1.165, 1.54) is 0 Å². The average molecular weight is 311 g/mol. The summed E-state index contributed by atoms with van der Waals surface area (Å²) in [5, 5.41) is 1.23. The number of halogens is 2. The lowest BCUT2D eigenvalue weighted by Gasteiger charge is -2.20. The molecule has 0 fully saturated rings. The molecule has 0 amide bonds. The Morgan fingerprint density at radius 1 is 1.40 bits per heavy atom. The van der Waals surface area contributed by atoms with E-state index in [1.807, 2.05) is 29.0 Å². The molecule has 0 saturated carbocycles. The zero-order chi connectivity index (χ0) is 14.4. The van der Waals surface area contributed by atoms with Crippen LogP contribution in [-0.2, 0) is 11.3 Å². The van der Waals surface area contributed by atoms with E-state index in [1.54, 1.807) is 18.6 Å². The summed E-state index contributed by atoms with van der Waals surface area (Å²) in [6, 6.07) is 5.46. The topological polar surface area (TPSA) is 27.1 Å². The Balaban J connectivity index is 2.17. The van der Waals surface area contributed by atoms with E-state index in [0.717, 1.165) is 12.0 Å². The first kappa shape index (κ1) is 15.1. The Bertz CT molecular complexity index is 555. The van der Waals surface area contributed by atoms with Gasteiger partial charge in [-0.25, -0.2) is 4.98 Å². The van der Waals surface area contributed by atoms with Crippen LogP contribution in [0.15, 0.2) is 49.6 Å². The van der Waals surface area contributed by atoms with Crippen molar-refractivity contribution in [2.75, 3.05) is 6.61 Å². The minimum atomic E-state index is -0.145. The van der Waals surface area contributed by atoms with Crippen molar-refractivity contribution in [2.24, 2.45) is 0 Å². The summed E-state index contributed by atoms with van der Waals surface area (Å²) in [7, 11) is 0. The highest BCUT2D eigenvalue weighted by molar-refractivity contribution is 6.35. The highest BCUT2D eigenvalue weighted by atomic mass is 35.5. The van der Waals surface area contributed by atoms with E-state index in [4.69, 9.17) is 27.9 Å². The highest BCUT2D eigenvalue weighted by Gasteiger charge is 2.16. The van der Waals surface area contributed by atoms with E-state index >= 15 is 0 Å². The second kappa shape index (κ2) is 7.48. The fourth-order valence-electron chi connectivity index (χ4n) is 1.88. The van der Waals surface area contributed by atoms with E-state index in [9.17, 15) is 0 Å². The Hall–Kier alpha value is -1.29. The average Bonchev–Trinajstić information content (AvgIpc) is 2.91. The van der Waals surface area contributed by atoms with Gasteiger partial charge in [0.1, 0.15) is 6.10 Å². The van der Waals surface area contributed by atoms with Crippen molar-refractivity contribution < 1.29 is 4.74 Å². The molecule has 5 heteroatoms. The zero-order valence-corrected chi connectivity index (χ0v) is 12.5. The van der Waals surface area contributed by atoms with Crippen molar-refractivity contribution in [3.05, 3.63) is 65.2 Å². The van der Waals surface area contributed by atoms with Crippen LogP contribution in [0.2, 0.25) is 10.0 Å². The van der Waals surface area contributed by atoms with Gasteiger partial charge in [0.15, 0.2) is 0 Å². The Labute approximate surface area is 128 Å². The monoisotopic (exact) mass is 310 g/mol. The van der Waals surface area contributed by atoms with Gasteiger partial charge in [-0.1, -0.05) is 35.3 Å². The molecule has 1 aromatic heterocycles. The van der Waals surface area contributed by atoms with Gasteiger partial charge in [0.2, 0.25) is 0 Å². The molecule has 3 nitrogen and oxygen atoms in total. The Kier molecular flexibility index (Phi) is 5.65. The molecular formula is C15H16Cl2N2O. The molecular weight excluding hydrogens is 295 g/mol. The van der Waals surface area contributed by atoms with Gasteiger partial charge >= 0.3 is 0 Å². The normalized spacial score (nSPS) is 12.3. The summed E-state index contributed by atoms with van der Waals surface area (Å²) in [5.74, 6) is 0. The van der Waals surface area contributed by atoms with E-state index in [2.05, 4.69) is 11.6 Å². The van der Waals surface area contributed by atoms with Crippen molar-refractivity contribution in [3.8, 4) is 0 Å². The standard InChI is InChI=1S/C15H16Cl2N2O/c1-2-3-8-20-15(10-19-7-6-18-11-19)13-5-4-12(16)9-14(13)17/h2,4-7,9,11,15H,1,3,8,10H2. The molecule has 1 unspecified atom stereocenters. The van der Waals surface area contributed by atoms with Crippen LogP contribution < -0.4 is 0 Å². The van der Waals surface area contributed by atoms with Gasteiger partial charge in [-0.05, 0) is 18.6 Å². The molecule has 0 aliphatic rings. The summed E-state index contributed by atoms with van der Waals surface area (Å²) >= 11 is 12.2. The molecule has 2 aromatic rings. The summed E-state index contributed by atoms with van der Waals surface area (Å²) in [5.41, 5.74) is 0.925. The zero-order valence-electron chi connectivity index (χ0n) is 11.0. The predicted molar refractivity (Wildman–Crippen MR) is 82.2 cm³/mol. The lowest BCUT2D eigenvalue weighted by Crippen LogP contribution is -2.13. The van der Waals surface area contributed by atoms with Crippen LogP contribution in [0.3, 0.4) is 0 Å². The number of ether oxygens (including phenoxy) is 1. The molecule has 0 spiro atoms. The lowest BCUT2D eigenvalue weighted by molar-refractivity contribution is 0.0436. The second-order valence-corrected chi connectivity index (χ2v) is 5.21. The first-order valence-corrected chi connectivity index (χ1v) is 7.09. The molecule has 2 rings (SSSR count). The Morgan fingerprint density at radius 3 is 2.90 bits per heavy atom. The molecule has 0 radical (unpaired) electrons. The van der Waals surface area contributed by atoms with Crippen LogP contribution in [0.25, 0.3) is 0 Å². The minimum Gasteiger partial charge on any atom is -0.371 e. The van der Waals surface area contributed by atoms with Gasteiger partial charge in [0.05, 0.1) is 19.5 Å².